The number of hydrogen-bond acceptors (Lipinski definition) is 4. The zero-order valence-electron chi connectivity index (χ0n) is 5.08. The molecule has 0 aliphatic rings. The maximum absolute atomic E-state index is 9.29. The summed E-state index contributed by atoms with van der Waals surface area (Å²) in [6.07, 6.45) is 0. The third-order valence-electron chi connectivity index (χ3n) is 0. The van der Waals surface area contributed by atoms with E-state index in [1.807, 2.05) is 0 Å². The van der Waals surface area contributed by atoms with Crippen molar-refractivity contribution in [2.75, 3.05) is 0 Å². The van der Waals surface area contributed by atoms with Gasteiger partial charge in [-0.15, -0.1) is 0 Å². The van der Waals surface area contributed by atoms with E-state index < -0.39 is 5.77 Å². The Balaban J connectivity index is -0.0000000267. The maximum Gasteiger partial charge on any atom is 1.00 e. The summed E-state index contributed by atoms with van der Waals surface area (Å²) in [5, 5.41) is 0. The van der Waals surface area contributed by atoms with E-state index >= 15 is 0 Å². The van der Waals surface area contributed by atoms with Crippen LogP contribution in [-0.4, -0.2) is 0 Å². The van der Waals surface area contributed by atoms with Crippen LogP contribution in [0.5, 0.6) is 0 Å². The largest absolute Gasteiger partial charge is 1.00 e. The standard InChI is InChI=1S/3Na.H3O2PS2/c;;;1-3(2,4)5/h;;;(H3,1,2,4,5)/q3*+1;/p-3. The van der Waals surface area contributed by atoms with Crippen LogP contribution < -0.4 is 93.6 Å². The average Bonchev–Trinajstić information content (AvgIpc) is 0.722. The minimum Gasteiger partial charge on any atom is -0.835 e. The molecule has 0 aliphatic carbocycles. The first kappa shape index (κ1) is 22.7. The summed E-state index contributed by atoms with van der Waals surface area (Å²) in [4.78, 5) is 9.29. The van der Waals surface area contributed by atoms with Crippen molar-refractivity contribution in [2.24, 2.45) is 0 Å². The molecule has 0 aromatic heterocycles. The van der Waals surface area contributed by atoms with E-state index in [2.05, 4.69) is 24.5 Å². The van der Waals surface area contributed by atoms with Crippen molar-refractivity contribution in [3.05, 3.63) is 0 Å². The Kier molecular flexibility index (Phi) is 30.8. The molecule has 8 heavy (non-hydrogen) atoms. The molecule has 0 aromatic carbocycles. The van der Waals surface area contributed by atoms with Gasteiger partial charge in [0.25, 0.3) is 0 Å². The molecule has 0 rings (SSSR count). The first-order chi connectivity index (χ1) is 2.00. The molecule has 0 N–H and O–H groups in total. The van der Waals surface area contributed by atoms with Crippen LogP contribution in [0.15, 0.2) is 0 Å². The summed E-state index contributed by atoms with van der Waals surface area (Å²) in [5.41, 5.74) is 0. The molecule has 0 atom stereocenters. The zero-order valence-corrected chi connectivity index (χ0v) is 13.6. The average molecular weight is 196 g/mol. The molecule has 0 saturated heterocycles. The Morgan fingerprint density at radius 3 is 1.12 bits per heavy atom. The van der Waals surface area contributed by atoms with Gasteiger partial charge < -0.3 is 34.0 Å². The molecule has 0 fully saturated rings. The molecule has 0 aliphatic heterocycles. The van der Waals surface area contributed by atoms with Gasteiger partial charge in [0.1, 0.15) is 0 Å². The minimum absolute atomic E-state index is 0. The van der Waals surface area contributed by atoms with E-state index in [4.69, 9.17) is 0 Å². The Labute approximate surface area is 126 Å². The van der Waals surface area contributed by atoms with Crippen molar-refractivity contribution in [3.8, 4) is 0 Å². The van der Waals surface area contributed by atoms with Crippen LogP contribution in [0.2, 0.25) is 0 Å². The molecule has 32 valence electrons. The smallest absolute Gasteiger partial charge is 0.835 e. The van der Waals surface area contributed by atoms with Gasteiger partial charge in [0.2, 0.25) is 0 Å². The van der Waals surface area contributed by atoms with Crippen LogP contribution >= 0.6 is 5.77 Å². The Hall–Kier alpha value is 3.89. The fraction of sp³-hybridized carbons (Fsp3) is 0. The van der Waals surface area contributed by atoms with Gasteiger partial charge in [-0.1, -0.05) is 0 Å². The molecular formula is Na3O2PS2. The monoisotopic (exact) mass is 196 g/mol. The molecule has 0 amide bonds. The summed E-state index contributed by atoms with van der Waals surface area (Å²) in [6.45, 7) is 0. The number of hydrogen-bond donors (Lipinski definition) is 0. The predicted molar refractivity (Wildman–Crippen MR) is 22.3 cm³/mol. The maximum atomic E-state index is 9.29. The quantitative estimate of drug-likeness (QED) is 0.219. The van der Waals surface area contributed by atoms with E-state index in [0.29, 0.717) is 0 Å². The van der Waals surface area contributed by atoms with Gasteiger partial charge in [0.05, 0.1) is 0 Å². The van der Waals surface area contributed by atoms with Crippen LogP contribution in [0.25, 0.3) is 0 Å². The fourth-order valence-corrected chi connectivity index (χ4v) is 0. The van der Waals surface area contributed by atoms with E-state index in [1.165, 1.54) is 0 Å². The van der Waals surface area contributed by atoms with Crippen molar-refractivity contribution < 1.29 is 98.1 Å². The topological polar surface area (TPSA) is 40.1 Å². The van der Waals surface area contributed by atoms with Crippen molar-refractivity contribution in [3.63, 3.8) is 0 Å². The van der Waals surface area contributed by atoms with Gasteiger partial charge >= 0.3 is 88.7 Å². The Bertz CT molecular complexity index is 61.4. The minimum atomic E-state index is -3.72. The van der Waals surface area contributed by atoms with Gasteiger partial charge in [-0.3, -0.25) is 5.77 Å². The third kappa shape index (κ3) is 51.7. The molecule has 0 radical (unpaired) electrons. The van der Waals surface area contributed by atoms with Crippen molar-refractivity contribution in [1.29, 1.82) is 0 Å². The van der Waals surface area contributed by atoms with Crippen molar-refractivity contribution >= 4 is 30.3 Å². The normalized spacial score (nSPS) is 7.38. The van der Waals surface area contributed by atoms with E-state index in [-0.39, 0.29) is 88.7 Å². The van der Waals surface area contributed by atoms with Crippen LogP contribution in [0, 0.1) is 0 Å². The van der Waals surface area contributed by atoms with E-state index in [0.717, 1.165) is 0 Å². The predicted octanol–water partition coefficient (Wildman–Crippen LogP) is -9.44. The second-order valence-electron chi connectivity index (χ2n) is 0.447. The summed E-state index contributed by atoms with van der Waals surface area (Å²) in [7, 11) is 0. The molecule has 0 heterocycles. The molecule has 0 spiro atoms. The fourth-order valence-electron chi connectivity index (χ4n) is 0. The Morgan fingerprint density at radius 2 is 1.12 bits per heavy atom. The van der Waals surface area contributed by atoms with Gasteiger partial charge in [-0.2, -0.15) is 0 Å². The van der Waals surface area contributed by atoms with Gasteiger partial charge in [0, 0.05) is 0 Å². The van der Waals surface area contributed by atoms with Gasteiger partial charge in [-0.05, 0) is 0 Å². The van der Waals surface area contributed by atoms with Gasteiger partial charge in [-0.25, -0.2) is 0 Å². The van der Waals surface area contributed by atoms with Crippen LogP contribution in [0.3, 0.4) is 0 Å². The first-order valence-corrected chi connectivity index (χ1v) is 4.38. The van der Waals surface area contributed by atoms with Crippen molar-refractivity contribution in [1.82, 2.24) is 0 Å². The number of rotatable bonds is 0. The summed E-state index contributed by atoms with van der Waals surface area (Å²) in [5.74, 6) is -3.72. The second-order valence-corrected chi connectivity index (χ2v) is 4.92. The van der Waals surface area contributed by atoms with Crippen LogP contribution in [-0.2, 0) is 29.1 Å². The molecule has 0 saturated carbocycles. The van der Waals surface area contributed by atoms with Crippen molar-refractivity contribution in [2.45, 2.75) is 0 Å². The van der Waals surface area contributed by atoms with Gasteiger partial charge in [0.15, 0.2) is 0 Å². The molecule has 0 unspecified atom stereocenters. The first-order valence-electron chi connectivity index (χ1n) is 0.730. The van der Waals surface area contributed by atoms with E-state index in [1.54, 1.807) is 0 Å². The second kappa shape index (κ2) is 10.9. The summed E-state index contributed by atoms with van der Waals surface area (Å²) in [6, 6.07) is 0. The zero-order chi connectivity index (χ0) is 4.50. The van der Waals surface area contributed by atoms with Crippen LogP contribution in [0.4, 0.5) is 0 Å². The van der Waals surface area contributed by atoms with Crippen LogP contribution in [0.1, 0.15) is 0 Å². The molecule has 0 bridgehead atoms. The Morgan fingerprint density at radius 1 is 1.12 bits per heavy atom. The SMILES string of the molecule is O=P([O-])([S-])[S-].[Na+].[Na+].[Na+]. The molecule has 8 heteroatoms. The molecule has 0 aromatic rings. The third-order valence-corrected chi connectivity index (χ3v) is 0. The summed E-state index contributed by atoms with van der Waals surface area (Å²) >= 11 is 7.28. The summed E-state index contributed by atoms with van der Waals surface area (Å²) < 4.78 is 9.29. The van der Waals surface area contributed by atoms with E-state index in [9.17, 15) is 9.46 Å². The molecule has 2 nitrogen and oxygen atoms in total. The molecular weight excluding hydrogens is 196 g/mol.